The van der Waals surface area contributed by atoms with Crippen molar-refractivity contribution >= 4 is 0 Å². The molecule has 1 saturated heterocycles. The maximum atomic E-state index is 8.25. The summed E-state index contributed by atoms with van der Waals surface area (Å²) in [4.78, 5) is 0. The van der Waals surface area contributed by atoms with Crippen LogP contribution < -0.4 is 5.32 Å². The highest BCUT2D eigenvalue weighted by Crippen LogP contribution is 2.01. The molecule has 0 aromatic heterocycles. The van der Waals surface area contributed by atoms with Crippen LogP contribution in [0.5, 0.6) is 0 Å². The molecule has 0 spiro atoms. The molecular formula is C5H8N2. The van der Waals surface area contributed by atoms with Gasteiger partial charge in [-0.25, -0.2) is 0 Å². The second-order valence-corrected chi connectivity index (χ2v) is 1.78. The molecule has 0 amide bonds. The van der Waals surface area contributed by atoms with Gasteiger partial charge in [-0.3, -0.25) is 0 Å². The summed E-state index contributed by atoms with van der Waals surface area (Å²) in [5, 5.41) is 11.3. The molecule has 0 aromatic rings. The van der Waals surface area contributed by atoms with Gasteiger partial charge in [0.2, 0.25) is 0 Å². The van der Waals surface area contributed by atoms with Crippen LogP contribution in [0.1, 0.15) is 12.8 Å². The van der Waals surface area contributed by atoms with Gasteiger partial charge in [0.1, 0.15) is 0 Å². The van der Waals surface area contributed by atoms with E-state index in [1.54, 1.807) is 0 Å². The van der Waals surface area contributed by atoms with Gasteiger partial charge in [0, 0.05) is 0 Å². The fourth-order valence-corrected chi connectivity index (χ4v) is 0.795. The third-order valence-corrected chi connectivity index (χ3v) is 1.22. The molecule has 1 atom stereocenters. The molecule has 1 aliphatic rings. The van der Waals surface area contributed by atoms with Crippen molar-refractivity contribution < 1.29 is 0 Å². The van der Waals surface area contributed by atoms with Gasteiger partial charge in [-0.05, 0) is 19.4 Å². The van der Waals surface area contributed by atoms with Crippen molar-refractivity contribution in [1.29, 1.82) is 5.26 Å². The van der Waals surface area contributed by atoms with E-state index in [0.29, 0.717) is 0 Å². The smallest absolute Gasteiger partial charge is 0.0953 e. The van der Waals surface area contributed by atoms with Crippen molar-refractivity contribution in [3.8, 4) is 6.07 Å². The molecule has 2 heteroatoms. The predicted molar refractivity (Wildman–Crippen MR) is 26.6 cm³/mol. The SMILES string of the molecule is N#C[C@H]1CCCN1. The number of hydrogen-bond donors (Lipinski definition) is 1. The van der Waals surface area contributed by atoms with Gasteiger partial charge in [0.15, 0.2) is 0 Å². The van der Waals surface area contributed by atoms with Crippen molar-refractivity contribution in [1.82, 2.24) is 5.32 Å². The monoisotopic (exact) mass is 96.1 g/mol. The molecule has 0 unspecified atom stereocenters. The van der Waals surface area contributed by atoms with Crippen LogP contribution in [0.25, 0.3) is 0 Å². The van der Waals surface area contributed by atoms with Crippen LogP contribution in [0, 0.1) is 11.3 Å². The van der Waals surface area contributed by atoms with Gasteiger partial charge in [-0.1, -0.05) is 0 Å². The highest BCUT2D eigenvalue weighted by atomic mass is 14.9. The van der Waals surface area contributed by atoms with E-state index in [9.17, 15) is 0 Å². The zero-order chi connectivity index (χ0) is 5.11. The molecule has 0 aromatic carbocycles. The van der Waals surface area contributed by atoms with Crippen LogP contribution >= 0.6 is 0 Å². The van der Waals surface area contributed by atoms with Crippen LogP contribution in [0.15, 0.2) is 0 Å². The lowest BCUT2D eigenvalue weighted by atomic mass is 10.2. The Labute approximate surface area is 43.1 Å². The van der Waals surface area contributed by atoms with E-state index in [1.165, 1.54) is 0 Å². The van der Waals surface area contributed by atoms with Crippen molar-refractivity contribution in [2.24, 2.45) is 0 Å². The summed E-state index contributed by atoms with van der Waals surface area (Å²) in [5.74, 6) is 0. The zero-order valence-electron chi connectivity index (χ0n) is 4.15. The van der Waals surface area contributed by atoms with Crippen LogP contribution in [-0.4, -0.2) is 12.6 Å². The molecule has 1 rings (SSSR count). The van der Waals surface area contributed by atoms with Gasteiger partial charge in [0.25, 0.3) is 0 Å². The third kappa shape index (κ3) is 0.908. The Morgan fingerprint density at radius 3 is 2.86 bits per heavy atom. The number of nitrogens with one attached hydrogen (secondary N) is 1. The van der Waals surface area contributed by atoms with Crippen LogP contribution in [0.3, 0.4) is 0 Å². The first-order chi connectivity index (χ1) is 3.43. The Morgan fingerprint density at radius 1 is 1.71 bits per heavy atom. The lowest BCUT2D eigenvalue weighted by molar-refractivity contribution is 0.740. The quantitative estimate of drug-likeness (QED) is 0.469. The molecule has 7 heavy (non-hydrogen) atoms. The summed E-state index contributed by atoms with van der Waals surface area (Å²) < 4.78 is 0. The van der Waals surface area contributed by atoms with Crippen LogP contribution in [0.2, 0.25) is 0 Å². The molecule has 2 nitrogen and oxygen atoms in total. The summed E-state index contributed by atoms with van der Waals surface area (Å²) >= 11 is 0. The molecule has 0 aliphatic carbocycles. The Kier molecular flexibility index (Phi) is 1.28. The minimum Gasteiger partial charge on any atom is -0.302 e. The van der Waals surface area contributed by atoms with Crippen LogP contribution in [-0.2, 0) is 0 Å². The second-order valence-electron chi connectivity index (χ2n) is 1.78. The lowest BCUT2D eigenvalue weighted by Crippen LogP contribution is -2.18. The molecule has 38 valence electrons. The fourth-order valence-electron chi connectivity index (χ4n) is 0.795. The first kappa shape index (κ1) is 4.61. The Bertz CT molecular complexity index is 86.7. The second kappa shape index (κ2) is 1.94. The summed E-state index contributed by atoms with van der Waals surface area (Å²) in [7, 11) is 0. The van der Waals surface area contributed by atoms with Gasteiger partial charge < -0.3 is 5.32 Å². The molecule has 0 bridgehead atoms. The Hall–Kier alpha value is -0.550. The highest BCUT2D eigenvalue weighted by Gasteiger charge is 2.10. The number of nitrogens with zero attached hydrogens (tertiary/aromatic N) is 1. The van der Waals surface area contributed by atoms with E-state index in [4.69, 9.17) is 5.26 Å². The first-order valence-electron chi connectivity index (χ1n) is 2.56. The largest absolute Gasteiger partial charge is 0.302 e. The van der Waals surface area contributed by atoms with Gasteiger partial charge in [-0.15, -0.1) is 0 Å². The van der Waals surface area contributed by atoms with Crippen molar-refractivity contribution in [3.05, 3.63) is 0 Å². The van der Waals surface area contributed by atoms with Gasteiger partial charge in [0.05, 0.1) is 12.1 Å². The van der Waals surface area contributed by atoms with E-state index in [-0.39, 0.29) is 6.04 Å². The van der Waals surface area contributed by atoms with E-state index in [1.807, 2.05) is 0 Å². The maximum Gasteiger partial charge on any atom is 0.0953 e. The average molecular weight is 96.1 g/mol. The summed E-state index contributed by atoms with van der Waals surface area (Å²) in [6.07, 6.45) is 2.20. The van der Waals surface area contributed by atoms with Crippen molar-refractivity contribution in [2.45, 2.75) is 18.9 Å². The number of hydrogen-bond acceptors (Lipinski definition) is 2. The van der Waals surface area contributed by atoms with Crippen molar-refractivity contribution in [2.75, 3.05) is 6.54 Å². The molecule has 0 radical (unpaired) electrons. The zero-order valence-corrected chi connectivity index (χ0v) is 4.15. The molecule has 1 heterocycles. The van der Waals surface area contributed by atoms with E-state index in [0.717, 1.165) is 19.4 Å². The predicted octanol–water partition coefficient (Wildman–Crippen LogP) is 0.262. The maximum absolute atomic E-state index is 8.25. The minimum atomic E-state index is 0.153. The minimum absolute atomic E-state index is 0.153. The third-order valence-electron chi connectivity index (χ3n) is 1.22. The van der Waals surface area contributed by atoms with Crippen LogP contribution in [0.4, 0.5) is 0 Å². The first-order valence-corrected chi connectivity index (χ1v) is 2.56. The summed E-state index contributed by atoms with van der Waals surface area (Å²) in [6.45, 7) is 1.03. The Morgan fingerprint density at radius 2 is 2.57 bits per heavy atom. The molecule has 1 fully saturated rings. The topological polar surface area (TPSA) is 35.8 Å². The van der Waals surface area contributed by atoms with Crippen molar-refractivity contribution in [3.63, 3.8) is 0 Å². The lowest BCUT2D eigenvalue weighted by Gasteiger charge is -1.91. The average Bonchev–Trinajstić information content (AvgIpc) is 2.14. The van der Waals surface area contributed by atoms with E-state index < -0.39 is 0 Å². The normalized spacial score (nSPS) is 29.9. The standard InChI is InChI=1S/C5H8N2/c6-4-5-2-1-3-7-5/h5,7H,1-3H2/t5-/m1/s1. The molecule has 1 aliphatic heterocycles. The summed E-state index contributed by atoms with van der Waals surface area (Å²) in [5.41, 5.74) is 0. The number of rotatable bonds is 0. The van der Waals surface area contributed by atoms with Gasteiger partial charge >= 0.3 is 0 Å². The molecule has 1 N–H and O–H groups in total. The van der Waals surface area contributed by atoms with Gasteiger partial charge in [-0.2, -0.15) is 5.26 Å². The molecule has 0 saturated carbocycles. The highest BCUT2D eigenvalue weighted by molar-refractivity contribution is 4.92. The van der Waals surface area contributed by atoms with E-state index in [2.05, 4.69) is 11.4 Å². The van der Waals surface area contributed by atoms with E-state index >= 15 is 0 Å². The fraction of sp³-hybridized carbons (Fsp3) is 0.800. The number of nitriles is 1. The summed E-state index contributed by atoms with van der Waals surface area (Å²) in [6, 6.07) is 2.31. The molecular weight excluding hydrogens is 88.1 g/mol. The Balaban J connectivity index is 2.31.